The first-order valence-electron chi connectivity index (χ1n) is 4.05. The molecule has 1 rings (SSSR count). The highest BCUT2D eigenvalue weighted by Gasteiger charge is 2.17. The second-order valence-corrected chi connectivity index (χ2v) is 2.85. The Morgan fingerprint density at radius 1 is 1.73 bits per heavy atom. The summed E-state index contributed by atoms with van der Waals surface area (Å²) in [7, 11) is 0. The molecule has 0 radical (unpaired) electrons. The SMILES string of the molecule is C=CCCOc1nc(Cl)ncc1[N+](=O)[O-]. The van der Waals surface area contributed by atoms with Gasteiger partial charge in [0.2, 0.25) is 5.28 Å². The summed E-state index contributed by atoms with van der Waals surface area (Å²) in [6.45, 7) is 3.76. The minimum absolute atomic E-state index is 0.0887. The predicted molar refractivity (Wildman–Crippen MR) is 54.0 cm³/mol. The van der Waals surface area contributed by atoms with Gasteiger partial charge in [-0.25, -0.2) is 4.98 Å². The first-order valence-corrected chi connectivity index (χ1v) is 4.43. The molecule has 0 aliphatic carbocycles. The zero-order valence-corrected chi connectivity index (χ0v) is 8.48. The molecule has 0 saturated heterocycles. The molecule has 15 heavy (non-hydrogen) atoms. The molecule has 1 aromatic rings. The third kappa shape index (κ3) is 3.17. The van der Waals surface area contributed by atoms with Crippen molar-refractivity contribution in [2.75, 3.05) is 6.61 Å². The molecule has 0 amide bonds. The van der Waals surface area contributed by atoms with Gasteiger partial charge in [-0.15, -0.1) is 6.58 Å². The standard InChI is InChI=1S/C8H8ClN3O3/c1-2-3-4-15-7-6(12(13)14)5-10-8(9)11-7/h2,5H,1,3-4H2. The van der Waals surface area contributed by atoms with Crippen molar-refractivity contribution in [2.45, 2.75) is 6.42 Å². The fourth-order valence-electron chi connectivity index (χ4n) is 0.810. The van der Waals surface area contributed by atoms with Crippen molar-refractivity contribution in [3.63, 3.8) is 0 Å². The Morgan fingerprint density at radius 2 is 2.47 bits per heavy atom. The summed E-state index contributed by atoms with van der Waals surface area (Å²) in [4.78, 5) is 17.0. The molecular formula is C8H8ClN3O3. The normalized spacial score (nSPS) is 9.67. The summed E-state index contributed by atoms with van der Waals surface area (Å²) in [5.41, 5.74) is -0.302. The van der Waals surface area contributed by atoms with Crippen LogP contribution in [0, 0.1) is 10.1 Å². The number of rotatable bonds is 5. The van der Waals surface area contributed by atoms with Crippen molar-refractivity contribution in [3.05, 3.63) is 34.2 Å². The molecule has 0 aliphatic rings. The molecule has 0 bridgehead atoms. The van der Waals surface area contributed by atoms with Gasteiger partial charge in [-0.3, -0.25) is 10.1 Å². The van der Waals surface area contributed by atoms with Gasteiger partial charge in [0.25, 0.3) is 5.88 Å². The maximum atomic E-state index is 10.5. The number of nitro groups is 1. The van der Waals surface area contributed by atoms with Crippen molar-refractivity contribution in [2.24, 2.45) is 0 Å². The molecule has 1 aromatic heterocycles. The van der Waals surface area contributed by atoms with E-state index in [0.717, 1.165) is 6.20 Å². The van der Waals surface area contributed by atoms with E-state index in [4.69, 9.17) is 16.3 Å². The minimum Gasteiger partial charge on any atom is -0.472 e. The number of hydrogen-bond acceptors (Lipinski definition) is 5. The summed E-state index contributed by atoms with van der Waals surface area (Å²) < 4.78 is 5.07. The third-order valence-corrected chi connectivity index (χ3v) is 1.65. The molecule has 6 nitrogen and oxygen atoms in total. The zero-order chi connectivity index (χ0) is 11.3. The van der Waals surface area contributed by atoms with E-state index >= 15 is 0 Å². The van der Waals surface area contributed by atoms with E-state index in [-0.39, 0.29) is 23.5 Å². The van der Waals surface area contributed by atoms with Crippen LogP contribution in [0.2, 0.25) is 5.28 Å². The van der Waals surface area contributed by atoms with E-state index in [9.17, 15) is 10.1 Å². The Bertz CT molecular complexity index is 383. The topological polar surface area (TPSA) is 78.2 Å². The monoisotopic (exact) mass is 229 g/mol. The fourth-order valence-corrected chi connectivity index (χ4v) is 0.936. The molecule has 0 atom stereocenters. The lowest BCUT2D eigenvalue weighted by molar-refractivity contribution is -0.386. The molecule has 0 saturated carbocycles. The number of aromatic nitrogens is 2. The van der Waals surface area contributed by atoms with Crippen LogP contribution in [0.1, 0.15) is 6.42 Å². The Labute approximate surface area is 90.7 Å². The van der Waals surface area contributed by atoms with Gasteiger partial charge in [0, 0.05) is 0 Å². The fraction of sp³-hybridized carbons (Fsp3) is 0.250. The molecule has 7 heteroatoms. The molecule has 0 aromatic carbocycles. The molecule has 0 spiro atoms. The smallest absolute Gasteiger partial charge is 0.349 e. The van der Waals surface area contributed by atoms with Gasteiger partial charge in [-0.05, 0) is 18.0 Å². The average Bonchev–Trinajstić information content (AvgIpc) is 2.18. The third-order valence-electron chi connectivity index (χ3n) is 1.46. The van der Waals surface area contributed by atoms with E-state index in [0.29, 0.717) is 6.42 Å². The van der Waals surface area contributed by atoms with Gasteiger partial charge in [0.05, 0.1) is 11.5 Å². The minimum atomic E-state index is -0.625. The Hall–Kier alpha value is -1.69. The Morgan fingerprint density at radius 3 is 3.07 bits per heavy atom. The second kappa shape index (κ2) is 5.26. The Kier molecular flexibility index (Phi) is 3.99. The van der Waals surface area contributed by atoms with E-state index in [1.165, 1.54) is 0 Å². The summed E-state index contributed by atoms with van der Waals surface area (Å²) >= 11 is 5.49. The molecule has 0 N–H and O–H groups in total. The maximum absolute atomic E-state index is 10.5. The van der Waals surface area contributed by atoms with Gasteiger partial charge in [0.1, 0.15) is 6.20 Å². The highest BCUT2D eigenvalue weighted by atomic mass is 35.5. The lowest BCUT2D eigenvalue weighted by Crippen LogP contribution is -2.02. The van der Waals surface area contributed by atoms with Crippen LogP contribution in [0.25, 0.3) is 0 Å². The number of hydrogen-bond donors (Lipinski definition) is 0. The van der Waals surface area contributed by atoms with Crippen molar-refractivity contribution in [1.29, 1.82) is 0 Å². The quantitative estimate of drug-likeness (QED) is 0.254. The van der Waals surface area contributed by atoms with Crippen molar-refractivity contribution >= 4 is 17.3 Å². The number of halogens is 1. The molecule has 80 valence electrons. The zero-order valence-electron chi connectivity index (χ0n) is 7.72. The summed E-state index contributed by atoms with van der Waals surface area (Å²) in [6.07, 6.45) is 3.21. The van der Waals surface area contributed by atoms with Crippen molar-refractivity contribution in [3.8, 4) is 5.88 Å². The highest BCUT2D eigenvalue weighted by molar-refractivity contribution is 6.28. The van der Waals surface area contributed by atoms with Gasteiger partial charge < -0.3 is 4.74 Å². The van der Waals surface area contributed by atoms with E-state index in [1.54, 1.807) is 6.08 Å². The number of ether oxygens (including phenoxy) is 1. The van der Waals surface area contributed by atoms with Gasteiger partial charge in [0.15, 0.2) is 0 Å². The van der Waals surface area contributed by atoms with Crippen LogP contribution >= 0.6 is 11.6 Å². The summed E-state index contributed by atoms with van der Waals surface area (Å²) in [6, 6.07) is 0. The van der Waals surface area contributed by atoms with Crippen LogP contribution in [0.5, 0.6) is 5.88 Å². The number of nitrogens with zero attached hydrogens (tertiary/aromatic N) is 3. The van der Waals surface area contributed by atoms with Crippen LogP contribution in [-0.4, -0.2) is 21.5 Å². The predicted octanol–water partition coefficient (Wildman–Crippen LogP) is 1.99. The van der Waals surface area contributed by atoms with Gasteiger partial charge >= 0.3 is 5.69 Å². The molecular weight excluding hydrogens is 222 g/mol. The lowest BCUT2D eigenvalue weighted by atomic mass is 10.4. The van der Waals surface area contributed by atoms with Crippen LogP contribution < -0.4 is 4.74 Å². The summed E-state index contributed by atoms with van der Waals surface area (Å²) in [5.74, 6) is -0.123. The van der Waals surface area contributed by atoms with E-state index in [2.05, 4.69) is 16.5 Å². The van der Waals surface area contributed by atoms with Crippen LogP contribution in [0.3, 0.4) is 0 Å². The molecule has 0 aliphatic heterocycles. The van der Waals surface area contributed by atoms with Crippen molar-refractivity contribution in [1.82, 2.24) is 9.97 Å². The molecule has 0 unspecified atom stereocenters. The molecule has 1 heterocycles. The lowest BCUT2D eigenvalue weighted by Gasteiger charge is -2.03. The van der Waals surface area contributed by atoms with Gasteiger partial charge in [-0.1, -0.05) is 6.08 Å². The highest BCUT2D eigenvalue weighted by Crippen LogP contribution is 2.24. The maximum Gasteiger partial charge on any atom is 0.349 e. The summed E-state index contributed by atoms with van der Waals surface area (Å²) in [5, 5.41) is 10.5. The largest absolute Gasteiger partial charge is 0.472 e. The Balaban J connectivity index is 2.86. The first kappa shape index (κ1) is 11.4. The average molecular weight is 230 g/mol. The second-order valence-electron chi connectivity index (χ2n) is 2.51. The van der Waals surface area contributed by atoms with E-state index in [1.807, 2.05) is 0 Å². The van der Waals surface area contributed by atoms with E-state index < -0.39 is 4.92 Å². The van der Waals surface area contributed by atoms with Crippen LogP contribution in [-0.2, 0) is 0 Å². The van der Waals surface area contributed by atoms with Gasteiger partial charge in [-0.2, -0.15) is 4.98 Å². The first-order chi connectivity index (χ1) is 7.15. The van der Waals surface area contributed by atoms with Crippen LogP contribution in [0.15, 0.2) is 18.9 Å². The van der Waals surface area contributed by atoms with Crippen molar-refractivity contribution < 1.29 is 9.66 Å². The van der Waals surface area contributed by atoms with Crippen LogP contribution in [0.4, 0.5) is 5.69 Å². The molecule has 0 fully saturated rings.